The van der Waals surface area contributed by atoms with Gasteiger partial charge in [0.15, 0.2) is 0 Å². The van der Waals surface area contributed by atoms with Crippen LogP contribution in [0, 0.1) is 0 Å². The number of hydrogen-bond donors (Lipinski definition) is 1. The van der Waals surface area contributed by atoms with Crippen LogP contribution in [0.15, 0.2) is 70.6 Å². The summed E-state index contributed by atoms with van der Waals surface area (Å²) in [5.41, 5.74) is 2.15. The van der Waals surface area contributed by atoms with Gasteiger partial charge in [-0.2, -0.15) is 8.42 Å². The summed E-state index contributed by atoms with van der Waals surface area (Å²) < 4.78 is 33.2. The van der Waals surface area contributed by atoms with E-state index in [4.69, 9.17) is 0 Å². The van der Waals surface area contributed by atoms with Gasteiger partial charge < -0.3 is 9.80 Å². The predicted octanol–water partition coefficient (Wildman–Crippen LogP) is 4.43. The third-order valence-electron chi connectivity index (χ3n) is 5.94. The predicted molar refractivity (Wildman–Crippen MR) is 127 cm³/mol. The molecule has 4 rings (SSSR count). The summed E-state index contributed by atoms with van der Waals surface area (Å²) in [7, 11) is -4.09. The summed E-state index contributed by atoms with van der Waals surface area (Å²) in [5.74, 6) is -0.277. The molecule has 0 fully saturated rings. The van der Waals surface area contributed by atoms with Crippen LogP contribution >= 0.6 is 11.8 Å². The third-order valence-corrected chi connectivity index (χ3v) is 7.82. The van der Waals surface area contributed by atoms with E-state index in [0.29, 0.717) is 6.42 Å². The average molecular weight is 460 g/mol. The Kier molecular flexibility index (Phi) is 6.62. The first-order chi connectivity index (χ1) is 14.9. The first-order valence-corrected chi connectivity index (χ1v) is 13.1. The van der Waals surface area contributed by atoms with Gasteiger partial charge in [-0.15, -0.1) is 0 Å². The van der Waals surface area contributed by atoms with Crippen molar-refractivity contribution < 1.29 is 13.0 Å². The number of likely N-dealkylation sites (N-methyl/N-ethyl adjacent to an activating group) is 2. The van der Waals surface area contributed by atoms with Crippen LogP contribution < -0.4 is 4.90 Å². The fourth-order valence-electron chi connectivity index (χ4n) is 4.57. The highest BCUT2D eigenvalue weighted by atomic mass is 32.2. The molecular formula is C23H29N3O3S2. The van der Waals surface area contributed by atoms with Crippen LogP contribution in [0.25, 0.3) is 0 Å². The molecule has 2 aliphatic rings. The topological polar surface area (TPSA) is 64.1 Å². The number of rotatable bonds is 7. The average Bonchev–Trinajstić information content (AvgIpc) is 2.77. The van der Waals surface area contributed by atoms with E-state index >= 15 is 0 Å². The molecule has 2 unspecified atom stereocenters. The Balaban J connectivity index is 1.87. The standard InChI is InChI=1S/C23H29N3O3S2/c1-3-24-15-9-16-25(4-2)23(24)20(14-17-31(27,28)29)26-18-10-5-7-12-21(18)30-22-13-8-6-11-19(22)26/h5-13,15,20,23H,3-4,14,16-17H2,1-2H3,(H,27,28,29). The maximum Gasteiger partial charge on any atom is 0.264 e. The number of para-hydroxylation sites is 2. The highest BCUT2D eigenvalue weighted by Gasteiger charge is 2.39. The van der Waals surface area contributed by atoms with Crippen molar-refractivity contribution in [3.63, 3.8) is 0 Å². The molecule has 0 aromatic heterocycles. The number of hydrogen-bond acceptors (Lipinski definition) is 6. The lowest BCUT2D eigenvalue weighted by molar-refractivity contribution is 0.0585. The molecule has 31 heavy (non-hydrogen) atoms. The molecule has 2 atom stereocenters. The lowest BCUT2D eigenvalue weighted by Gasteiger charge is -2.50. The van der Waals surface area contributed by atoms with Crippen LogP contribution in [0.1, 0.15) is 20.3 Å². The Morgan fingerprint density at radius 1 is 1.03 bits per heavy atom. The molecule has 2 aliphatic heterocycles. The first kappa shape index (κ1) is 22.2. The van der Waals surface area contributed by atoms with E-state index in [1.165, 1.54) is 0 Å². The van der Waals surface area contributed by atoms with E-state index < -0.39 is 10.1 Å². The highest BCUT2D eigenvalue weighted by Crippen LogP contribution is 2.50. The quantitative estimate of drug-likeness (QED) is 0.615. The van der Waals surface area contributed by atoms with E-state index in [0.717, 1.165) is 40.8 Å². The van der Waals surface area contributed by atoms with Crippen LogP contribution in [-0.2, 0) is 10.1 Å². The van der Waals surface area contributed by atoms with Crippen molar-refractivity contribution in [2.75, 3.05) is 30.3 Å². The van der Waals surface area contributed by atoms with E-state index in [-0.39, 0.29) is 18.0 Å². The van der Waals surface area contributed by atoms with Crippen molar-refractivity contribution in [2.45, 2.75) is 42.3 Å². The molecule has 2 aromatic rings. The minimum atomic E-state index is -4.09. The summed E-state index contributed by atoms with van der Waals surface area (Å²) in [6.45, 7) is 6.72. The number of benzene rings is 2. The molecular weight excluding hydrogens is 430 g/mol. The lowest BCUT2D eigenvalue weighted by Crippen LogP contribution is -2.60. The Bertz CT molecular complexity index is 1010. The van der Waals surface area contributed by atoms with Crippen molar-refractivity contribution in [3.8, 4) is 0 Å². The molecule has 0 spiro atoms. The SMILES string of the molecule is CCN1C=CCN(CC)C1C(CCS(=O)(=O)O)N1c2ccccc2Sc2ccccc21. The Morgan fingerprint density at radius 2 is 1.65 bits per heavy atom. The summed E-state index contributed by atoms with van der Waals surface area (Å²) in [5, 5.41) is 0. The molecule has 0 aliphatic carbocycles. The van der Waals surface area contributed by atoms with Crippen molar-refractivity contribution in [2.24, 2.45) is 0 Å². The molecule has 8 heteroatoms. The van der Waals surface area contributed by atoms with Gasteiger partial charge in [0, 0.05) is 22.9 Å². The van der Waals surface area contributed by atoms with E-state index in [1.807, 2.05) is 24.3 Å². The van der Waals surface area contributed by atoms with Gasteiger partial charge in [0.1, 0.15) is 6.17 Å². The Labute approximate surface area is 189 Å². The number of nitrogens with zero attached hydrogens (tertiary/aromatic N) is 3. The highest BCUT2D eigenvalue weighted by molar-refractivity contribution is 7.99. The molecule has 6 nitrogen and oxygen atoms in total. The second-order valence-corrected chi connectivity index (χ2v) is 10.4. The smallest absolute Gasteiger partial charge is 0.264 e. The minimum Gasteiger partial charge on any atom is -0.360 e. The zero-order valence-corrected chi connectivity index (χ0v) is 19.5. The number of anilines is 2. The minimum absolute atomic E-state index is 0.0223. The molecule has 0 saturated carbocycles. The maximum absolute atomic E-state index is 11.8. The summed E-state index contributed by atoms with van der Waals surface area (Å²) in [4.78, 5) is 9.23. The normalized spacial score (nSPS) is 19.8. The maximum atomic E-state index is 11.8. The van der Waals surface area contributed by atoms with Crippen LogP contribution in [0.3, 0.4) is 0 Å². The van der Waals surface area contributed by atoms with Gasteiger partial charge in [0.05, 0.1) is 23.2 Å². The van der Waals surface area contributed by atoms with Crippen molar-refractivity contribution in [3.05, 3.63) is 60.8 Å². The summed E-state index contributed by atoms with van der Waals surface area (Å²) in [6, 6.07) is 16.4. The molecule has 0 amide bonds. The van der Waals surface area contributed by atoms with Crippen molar-refractivity contribution in [1.29, 1.82) is 0 Å². The number of fused-ring (bicyclic) bond motifs is 2. The van der Waals surface area contributed by atoms with Crippen LogP contribution in [0.4, 0.5) is 11.4 Å². The lowest BCUT2D eigenvalue weighted by atomic mass is 10.0. The fourth-order valence-corrected chi connectivity index (χ4v) is 6.18. The van der Waals surface area contributed by atoms with Gasteiger partial charge >= 0.3 is 0 Å². The van der Waals surface area contributed by atoms with Gasteiger partial charge in [-0.25, -0.2) is 0 Å². The van der Waals surface area contributed by atoms with Crippen LogP contribution in [-0.4, -0.2) is 60.4 Å². The van der Waals surface area contributed by atoms with E-state index in [2.05, 4.69) is 65.1 Å². The third kappa shape index (κ3) is 4.62. The van der Waals surface area contributed by atoms with E-state index in [1.54, 1.807) is 11.8 Å². The van der Waals surface area contributed by atoms with Gasteiger partial charge in [-0.3, -0.25) is 9.45 Å². The zero-order chi connectivity index (χ0) is 22.0. The van der Waals surface area contributed by atoms with Gasteiger partial charge in [0.25, 0.3) is 10.1 Å². The van der Waals surface area contributed by atoms with Crippen LogP contribution in [0.2, 0.25) is 0 Å². The molecule has 2 aromatic carbocycles. The van der Waals surface area contributed by atoms with Gasteiger partial charge in [-0.1, -0.05) is 49.0 Å². The monoisotopic (exact) mass is 459 g/mol. The molecule has 1 N–H and O–H groups in total. The Hall–Kier alpha value is -2.00. The molecule has 166 valence electrons. The van der Waals surface area contributed by atoms with E-state index in [9.17, 15) is 13.0 Å². The molecule has 0 saturated heterocycles. The largest absolute Gasteiger partial charge is 0.360 e. The second kappa shape index (κ2) is 9.24. The van der Waals surface area contributed by atoms with Gasteiger partial charge in [0.2, 0.25) is 0 Å². The van der Waals surface area contributed by atoms with Crippen molar-refractivity contribution in [1.82, 2.24) is 9.80 Å². The van der Waals surface area contributed by atoms with Crippen molar-refractivity contribution >= 4 is 33.3 Å². The first-order valence-electron chi connectivity index (χ1n) is 10.7. The molecule has 2 heterocycles. The molecule has 0 radical (unpaired) electrons. The summed E-state index contributed by atoms with van der Waals surface area (Å²) >= 11 is 1.74. The van der Waals surface area contributed by atoms with Crippen LogP contribution in [0.5, 0.6) is 0 Å². The Morgan fingerprint density at radius 3 is 2.19 bits per heavy atom. The van der Waals surface area contributed by atoms with Gasteiger partial charge in [-0.05, 0) is 50.4 Å². The zero-order valence-electron chi connectivity index (χ0n) is 17.9. The second-order valence-electron chi connectivity index (χ2n) is 7.77. The fraction of sp³-hybridized carbons (Fsp3) is 0.391. The summed E-state index contributed by atoms with van der Waals surface area (Å²) in [6.07, 6.45) is 4.56. The molecule has 0 bridgehead atoms.